The summed E-state index contributed by atoms with van der Waals surface area (Å²) in [5, 5.41) is 10.9. The zero-order valence-electron chi connectivity index (χ0n) is 14.8. The molecule has 2 aromatic carbocycles. The smallest absolute Gasteiger partial charge is 0.250 e. The Morgan fingerprint density at radius 1 is 1.12 bits per heavy atom. The number of hydrogen-bond donors (Lipinski definition) is 1. The van der Waals surface area contributed by atoms with E-state index in [1.165, 1.54) is 5.56 Å². The minimum Gasteiger partial charge on any atom is -0.489 e. The zero-order chi connectivity index (χ0) is 17.7. The van der Waals surface area contributed by atoms with Gasteiger partial charge in [-0.3, -0.25) is 10.0 Å². The Morgan fingerprint density at radius 2 is 1.88 bits per heavy atom. The van der Waals surface area contributed by atoms with Gasteiger partial charge in [-0.1, -0.05) is 43.7 Å². The maximum absolute atomic E-state index is 11.8. The van der Waals surface area contributed by atoms with Gasteiger partial charge in [0.05, 0.1) is 5.69 Å². The van der Waals surface area contributed by atoms with Crippen molar-refractivity contribution in [3.05, 3.63) is 58.7 Å². The minimum atomic E-state index is -0.341. The zero-order valence-corrected chi connectivity index (χ0v) is 14.8. The van der Waals surface area contributed by atoms with Gasteiger partial charge in [0, 0.05) is 12.0 Å². The molecule has 4 nitrogen and oxygen atoms in total. The third-order valence-electron chi connectivity index (χ3n) is 4.03. The van der Waals surface area contributed by atoms with Crippen LogP contribution in [0.1, 0.15) is 42.5 Å². The van der Waals surface area contributed by atoms with Gasteiger partial charge < -0.3 is 4.74 Å². The molecule has 0 aliphatic carbocycles. The summed E-state index contributed by atoms with van der Waals surface area (Å²) in [6, 6.07) is 11.7. The molecule has 0 bridgehead atoms. The highest BCUT2D eigenvalue weighted by molar-refractivity contribution is 5.91. The lowest BCUT2D eigenvalue weighted by atomic mass is 10.1. The van der Waals surface area contributed by atoms with Crippen molar-refractivity contribution in [2.24, 2.45) is 0 Å². The minimum absolute atomic E-state index is 0.239. The van der Waals surface area contributed by atoms with E-state index in [0.717, 1.165) is 33.9 Å². The van der Waals surface area contributed by atoms with Crippen molar-refractivity contribution >= 4 is 11.6 Å². The fourth-order valence-electron chi connectivity index (χ4n) is 2.58. The molecular formula is C20H25NO3. The van der Waals surface area contributed by atoms with Gasteiger partial charge in [0.15, 0.2) is 0 Å². The predicted molar refractivity (Wildman–Crippen MR) is 95.6 cm³/mol. The molecule has 0 aliphatic rings. The third kappa shape index (κ3) is 4.15. The Morgan fingerprint density at radius 3 is 2.50 bits per heavy atom. The van der Waals surface area contributed by atoms with Crippen molar-refractivity contribution in [1.82, 2.24) is 0 Å². The molecule has 24 heavy (non-hydrogen) atoms. The lowest BCUT2D eigenvalue weighted by Crippen LogP contribution is -2.27. The van der Waals surface area contributed by atoms with Crippen LogP contribution in [-0.4, -0.2) is 11.1 Å². The van der Waals surface area contributed by atoms with Crippen molar-refractivity contribution in [1.29, 1.82) is 0 Å². The summed E-state index contributed by atoms with van der Waals surface area (Å²) in [6.45, 7) is 8.13. The van der Waals surface area contributed by atoms with Crippen molar-refractivity contribution in [2.75, 3.05) is 5.06 Å². The van der Waals surface area contributed by atoms with Gasteiger partial charge in [-0.2, -0.15) is 5.06 Å². The highest BCUT2D eigenvalue weighted by Gasteiger charge is 2.16. The maximum atomic E-state index is 11.8. The van der Waals surface area contributed by atoms with E-state index in [1.54, 1.807) is 13.0 Å². The molecule has 0 fully saturated rings. The van der Waals surface area contributed by atoms with Crippen LogP contribution < -0.4 is 9.80 Å². The number of aryl methyl sites for hydroxylation is 3. The van der Waals surface area contributed by atoms with Gasteiger partial charge in [0.25, 0.3) is 0 Å². The summed E-state index contributed by atoms with van der Waals surface area (Å²) < 4.78 is 5.93. The number of benzene rings is 2. The van der Waals surface area contributed by atoms with E-state index in [-0.39, 0.29) is 12.3 Å². The number of nitrogens with zero attached hydrogens (tertiary/aromatic N) is 1. The molecule has 128 valence electrons. The van der Waals surface area contributed by atoms with E-state index in [2.05, 4.69) is 13.0 Å². The molecule has 0 saturated heterocycles. The van der Waals surface area contributed by atoms with Crippen LogP contribution in [0.4, 0.5) is 5.69 Å². The first kappa shape index (κ1) is 18.0. The van der Waals surface area contributed by atoms with Gasteiger partial charge in [0.1, 0.15) is 12.4 Å². The topological polar surface area (TPSA) is 49.8 Å². The molecule has 2 rings (SSSR count). The van der Waals surface area contributed by atoms with Gasteiger partial charge >= 0.3 is 0 Å². The van der Waals surface area contributed by atoms with Crippen LogP contribution in [0.15, 0.2) is 36.4 Å². The van der Waals surface area contributed by atoms with Crippen LogP contribution in [0.5, 0.6) is 5.75 Å². The fraction of sp³-hybridized carbons (Fsp3) is 0.350. The SMILES string of the molecule is CCC(=O)N(O)c1ccc(CC)cc1COc1ccc(C)cc1C. The second-order valence-corrected chi connectivity index (χ2v) is 5.93. The molecular weight excluding hydrogens is 302 g/mol. The Bertz CT molecular complexity index is 725. The Labute approximate surface area is 143 Å². The highest BCUT2D eigenvalue weighted by Crippen LogP contribution is 2.25. The van der Waals surface area contributed by atoms with Gasteiger partial charge in [0.2, 0.25) is 5.91 Å². The summed E-state index contributed by atoms with van der Waals surface area (Å²) in [5.74, 6) is 0.465. The second-order valence-electron chi connectivity index (χ2n) is 5.93. The van der Waals surface area contributed by atoms with Crippen molar-refractivity contribution in [3.63, 3.8) is 0 Å². The first-order valence-electron chi connectivity index (χ1n) is 8.30. The average molecular weight is 327 g/mol. The molecule has 2 aromatic rings. The first-order chi connectivity index (χ1) is 11.5. The standard InChI is InChI=1S/C20H25NO3/c1-5-16-8-9-18(21(23)20(22)6-2)17(12-16)13-24-19-10-7-14(3)11-15(19)4/h7-12,23H,5-6,13H2,1-4H3. The van der Waals surface area contributed by atoms with Gasteiger partial charge in [-0.25, -0.2) is 0 Å². The van der Waals surface area contributed by atoms with Gasteiger partial charge in [-0.05, 0) is 43.5 Å². The molecule has 4 heteroatoms. The predicted octanol–water partition coefficient (Wildman–Crippen LogP) is 4.58. The van der Waals surface area contributed by atoms with Crippen molar-refractivity contribution < 1.29 is 14.7 Å². The molecule has 0 aliphatic heterocycles. The van der Waals surface area contributed by atoms with E-state index in [1.807, 2.05) is 38.1 Å². The maximum Gasteiger partial charge on any atom is 0.250 e. The normalized spacial score (nSPS) is 10.5. The number of rotatable bonds is 6. The molecule has 0 aromatic heterocycles. The number of anilines is 1. The number of carbonyl (C=O) groups is 1. The lowest BCUT2D eigenvalue weighted by molar-refractivity contribution is -0.123. The van der Waals surface area contributed by atoms with E-state index >= 15 is 0 Å². The van der Waals surface area contributed by atoms with Crippen LogP contribution in [0, 0.1) is 13.8 Å². The second kappa shape index (κ2) is 7.97. The summed E-state index contributed by atoms with van der Waals surface area (Å²) in [5.41, 5.74) is 4.65. The summed E-state index contributed by atoms with van der Waals surface area (Å²) in [6.07, 6.45) is 1.12. The van der Waals surface area contributed by atoms with E-state index < -0.39 is 0 Å². The fourth-order valence-corrected chi connectivity index (χ4v) is 2.58. The first-order valence-corrected chi connectivity index (χ1v) is 8.30. The summed E-state index contributed by atoms with van der Waals surface area (Å²) in [4.78, 5) is 11.8. The average Bonchev–Trinajstić information content (AvgIpc) is 2.59. The molecule has 0 radical (unpaired) electrons. The van der Waals surface area contributed by atoms with E-state index in [9.17, 15) is 10.0 Å². The molecule has 0 atom stereocenters. The van der Waals surface area contributed by atoms with Crippen LogP contribution in [-0.2, 0) is 17.8 Å². The Kier molecular flexibility index (Phi) is 5.99. The number of hydroxylamine groups is 1. The highest BCUT2D eigenvalue weighted by atomic mass is 16.5. The van der Waals surface area contributed by atoms with Crippen LogP contribution in [0.2, 0.25) is 0 Å². The van der Waals surface area contributed by atoms with E-state index in [4.69, 9.17) is 4.74 Å². The summed E-state index contributed by atoms with van der Waals surface area (Å²) in [7, 11) is 0. The molecule has 0 saturated carbocycles. The summed E-state index contributed by atoms with van der Waals surface area (Å²) >= 11 is 0. The van der Waals surface area contributed by atoms with Crippen LogP contribution >= 0.6 is 0 Å². The molecule has 0 heterocycles. The Hall–Kier alpha value is -2.33. The molecule has 0 unspecified atom stereocenters. The monoisotopic (exact) mass is 327 g/mol. The van der Waals surface area contributed by atoms with E-state index in [0.29, 0.717) is 12.3 Å². The number of amides is 1. The van der Waals surface area contributed by atoms with Crippen molar-refractivity contribution in [3.8, 4) is 5.75 Å². The molecule has 1 amide bonds. The molecule has 0 spiro atoms. The third-order valence-corrected chi connectivity index (χ3v) is 4.03. The van der Waals surface area contributed by atoms with Crippen LogP contribution in [0.3, 0.4) is 0 Å². The van der Waals surface area contributed by atoms with Crippen molar-refractivity contribution in [2.45, 2.75) is 47.1 Å². The largest absolute Gasteiger partial charge is 0.489 e. The number of ether oxygens (including phenoxy) is 1. The van der Waals surface area contributed by atoms with Crippen LogP contribution in [0.25, 0.3) is 0 Å². The van der Waals surface area contributed by atoms with Gasteiger partial charge in [-0.15, -0.1) is 0 Å². The number of hydrogen-bond acceptors (Lipinski definition) is 3. The number of carbonyl (C=O) groups excluding carboxylic acids is 1. The Balaban J connectivity index is 2.28. The quantitative estimate of drug-likeness (QED) is 0.624. The molecule has 1 N–H and O–H groups in total. The lowest BCUT2D eigenvalue weighted by Gasteiger charge is -2.19.